The van der Waals surface area contributed by atoms with Gasteiger partial charge in [0.1, 0.15) is 12.4 Å². The number of halogens is 1. The van der Waals surface area contributed by atoms with E-state index in [1.807, 2.05) is 24.4 Å². The van der Waals surface area contributed by atoms with E-state index >= 15 is 0 Å². The van der Waals surface area contributed by atoms with Gasteiger partial charge >= 0.3 is 0 Å². The lowest BCUT2D eigenvalue weighted by atomic mass is 9.92. The van der Waals surface area contributed by atoms with Crippen LogP contribution in [0.2, 0.25) is 0 Å². The summed E-state index contributed by atoms with van der Waals surface area (Å²) < 4.78 is 15.1. The molecule has 1 fully saturated rings. The lowest BCUT2D eigenvalue weighted by molar-refractivity contribution is -0.133. The van der Waals surface area contributed by atoms with Crippen LogP contribution >= 0.6 is 0 Å². The summed E-state index contributed by atoms with van der Waals surface area (Å²) in [7, 11) is 0. The third-order valence-corrected chi connectivity index (χ3v) is 5.75. The Bertz CT molecular complexity index is 1120. The highest BCUT2D eigenvalue weighted by Gasteiger charge is 2.25. The largest absolute Gasteiger partial charge is 0.341 e. The Morgan fingerprint density at radius 2 is 1.87 bits per heavy atom. The van der Waals surface area contributed by atoms with Crippen LogP contribution in [-0.4, -0.2) is 38.7 Å². The summed E-state index contributed by atoms with van der Waals surface area (Å²) in [5.41, 5.74) is 3.06. The van der Waals surface area contributed by atoms with Crippen LogP contribution < -0.4 is 5.56 Å². The summed E-state index contributed by atoms with van der Waals surface area (Å²) in [4.78, 5) is 30.9. The molecule has 1 saturated heterocycles. The Kier molecular flexibility index (Phi) is 6.21. The van der Waals surface area contributed by atoms with Gasteiger partial charge in [-0.2, -0.15) is 5.10 Å². The summed E-state index contributed by atoms with van der Waals surface area (Å²) in [6.07, 6.45) is 3.97. The van der Waals surface area contributed by atoms with Gasteiger partial charge < -0.3 is 4.90 Å². The number of carbonyl (C=O) groups is 1. The standard InChI is InChI=1S/C24H25FN4O2/c1-17-6-9-23(30)29(27-17)16-24(31)28-12-10-19(11-13-28)22-8-7-18(15-26-22)14-20-4-2-3-5-21(20)25/h2-9,15,19H,10-14,16H2,1H3. The predicted octanol–water partition coefficient (Wildman–Crippen LogP) is 3.08. The lowest BCUT2D eigenvalue weighted by Gasteiger charge is -2.31. The van der Waals surface area contributed by atoms with Crippen molar-refractivity contribution in [2.45, 2.75) is 38.6 Å². The minimum atomic E-state index is -0.270. The molecule has 0 N–H and O–H groups in total. The molecule has 3 heterocycles. The first kappa shape index (κ1) is 20.9. The van der Waals surface area contributed by atoms with Gasteiger partial charge in [0.2, 0.25) is 5.91 Å². The average Bonchev–Trinajstić information content (AvgIpc) is 2.78. The molecule has 0 unspecified atom stereocenters. The fourth-order valence-corrected chi connectivity index (χ4v) is 3.96. The molecule has 0 aliphatic carbocycles. The van der Waals surface area contributed by atoms with Crippen molar-refractivity contribution >= 4 is 5.91 Å². The zero-order valence-corrected chi connectivity index (χ0v) is 17.5. The third kappa shape index (κ3) is 5.05. The van der Waals surface area contributed by atoms with Crippen LogP contribution in [0.3, 0.4) is 0 Å². The van der Waals surface area contributed by atoms with Gasteiger partial charge in [0.05, 0.1) is 5.69 Å². The second-order valence-corrected chi connectivity index (χ2v) is 7.99. The number of benzene rings is 1. The number of piperidine rings is 1. The van der Waals surface area contributed by atoms with Gasteiger partial charge in [0, 0.05) is 43.4 Å². The second-order valence-electron chi connectivity index (χ2n) is 7.99. The Morgan fingerprint density at radius 1 is 1.10 bits per heavy atom. The SMILES string of the molecule is Cc1ccc(=O)n(CC(=O)N2CCC(c3ccc(Cc4ccccc4F)cn3)CC2)n1. The van der Waals surface area contributed by atoms with Crippen molar-refractivity contribution in [2.24, 2.45) is 0 Å². The number of aryl methyl sites for hydroxylation is 1. The van der Waals surface area contributed by atoms with E-state index in [9.17, 15) is 14.0 Å². The Morgan fingerprint density at radius 3 is 2.58 bits per heavy atom. The van der Waals surface area contributed by atoms with Gasteiger partial charge in [-0.25, -0.2) is 9.07 Å². The van der Waals surface area contributed by atoms with Crippen LogP contribution in [-0.2, 0) is 17.8 Å². The van der Waals surface area contributed by atoms with Gasteiger partial charge in [0.25, 0.3) is 5.56 Å². The normalized spacial score (nSPS) is 14.6. The van der Waals surface area contributed by atoms with E-state index in [1.165, 1.54) is 16.8 Å². The van der Waals surface area contributed by atoms with Crippen LogP contribution in [0.15, 0.2) is 59.5 Å². The monoisotopic (exact) mass is 420 g/mol. The van der Waals surface area contributed by atoms with Gasteiger partial charge in [0.15, 0.2) is 0 Å². The quantitative estimate of drug-likeness (QED) is 0.636. The van der Waals surface area contributed by atoms with E-state index in [-0.39, 0.29) is 29.7 Å². The average molecular weight is 420 g/mol. The highest BCUT2D eigenvalue weighted by Crippen LogP contribution is 2.27. The molecule has 1 aromatic carbocycles. The number of amides is 1. The van der Waals surface area contributed by atoms with Crippen LogP contribution in [0.25, 0.3) is 0 Å². The molecule has 0 bridgehead atoms. The van der Waals surface area contributed by atoms with Crippen LogP contribution in [0.1, 0.15) is 41.3 Å². The third-order valence-electron chi connectivity index (χ3n) is 5.75. The van der Waals surface area contributed by atoms with Gasteiger partial charge in [-0.15, -0.1) is 0 Å². The summed E-state index contributed by atoms with van der Waals surface area (Å²) in [5.74, 6) is -0.00929. The first-order valence-electron chi connectivity index (χ1n) is 10.5. The molecule has 0 atom stereocenters. The van der Waals surface area contributed by atoms with Crippen molar-refractivity contribution in [2.75, 3.05) is 13.1 Å². The molecule has 2 aromatic heterocycles. The molecule has 1 amide bonds. The molecule has 160 valence electrons. The molecule has 0 spiro atoms. The van der Waals surface area contributed by atoms with E-state index in [1.54, 1.807) is 30.0 Å². The Hall–Kier alpha value is -3.35. The van der Waals surface area contributed by atoms with E-state index in [4.69, 9.17) is 0 Å². The molecule has 1 aliphatic rings. The summed E-state index contributed by atoms with van der Waals surface area (Å²) in [6, 6.07) is 13.9. The smallest absolute Gasteiger partial charge is 0.267 e. The second kappa shape index (κ2) is 9.20. The molecule has 6 nitrogen and oxygen atoms in total. The molecule has 0 saturated carbocycles. The summed E-state index contributed by atoms with van der Waals surface area (Å²) in [5, 5.41) is 4.14. The summed E-state index contributed by atoms with van der Waals surface area (Å²) >= 11 is 0. The maximum atomic E-state index is 13.9. The Labute approximate surface area is 180 Å². The topological polar surface area (TPSA) is 68.1 Å². The zero-order chi connectivity index (χ0) is 21.8. The first-order valence-corrected chi connectivity index (χ1v) is 10.5. The number of likely N-dealkylation sites (tertiary alicyclic amines) is 1. The van der Waals surface area contributed by atoms with Gasteiger partial charge in [-0.3, -0.25) is 14.6 Å². The fourth-order valence-electron chi connectivity index (χ4n) is 3.96. The maximum absolute atomic E-state index is 13.9. The van der Waals surface area contributed by atoms with Crippen molar-refractivity contribution in [3.8, 4) is 0 Å². The van der Waals surface area contributed by atoms with Crippen molar-refractivity contribution in [1.82, 2.24) is 19.7 Å². The minimum Gasteiger partial charge on any atom is -0.341 e. The van der Waals surface area contributed by atoms with Crippen LogP contribution in [0.4, 0.5) is 4.39 Å². The number of carbonyl (C=O) groups excluding carboxylic acids is 1. The van der Waals surface area contributed by atoms with E-state index in [0.29, 0.717) is 30.8 Å². The summed E-state index contributed by atoms with van der Waals surface area (Å²) in [6.45, 7) is 3.01. The van der Waals surface area contributed by atoms with Crippen molar-refractivity contribution in [1.29, 1.82) is 0 Å². The number of nitrogens with zero attached hydrogens (tertiary/aromatic N) is 4. The molecule has 4 rings (SSSR count). The van der Waals surface area contributed by atoms with Crippen molar-refractivity contribution in [3.05, 3.63) is 93.4 Å². The molecule has 31 heavy (non-hydrogen) atoms. The van der Waals surface area contributed by atoms with E-state index < -0.39 is 0 Å². The van der Waals surface area contributed by atoms with Crippen molar-refractivity contribution in [3.63, 3.8) is 0 Å². The predicted molar refractivity (Wildman–Crippen MR) is 115 cm³/mol. The van der Waals surface area contributed by atoms with Gasteiger partial charge in [-0.1, -0.05) is 24.3 Å². The number of hydrogen-bond donors (Lipinski definition) is 0. The number of pyridine rings is 1. The highest BCUT2D eigenvalue weighted by molar-refractivity contribution is 5.76. The maximum Gasteiger partial charge on any atom is 0.267 e. The zero-order valence-electron chi connectivity index (χ0n) is 17.5. The number of rotatable bonds is 5. The molecule has 7 heteroatoms. The Balaban J connectivity index is 1.33. The van der Waals surface area contributed by atoms with E-state index in [0.717, 1.165) is 24.1 Å². The van der Waals surface area contributed by atoms with Crippen LogP contribution in [0, 0.1) is 12.7 Å². The molecular weight excluding hydrogens is 395 g/mol. The van der Waals surface area contributed by atoms with Crippen molar-refractivity contribution < 1.29 is 9.18 Å². The minimum absolute atomic E-state index is 0.0336. The first-order chi connectivity index (χ1) is 15.0. The molecule has 0 radical (unpaired) electrons. The molecule has 1 aliphatic heterocycles. The number of aromatic nitrogens is 3. The highest BCUT2D eigenvalue weighted by atomic mass is 19.1. The fraction of sp³-hybridized carbons (Fsp3) is 0.333. The lowest BCUT2D eigenvalue weighted by Crippen LogP contribution is -2.41. The van der Waals surface area contributed by atoms with E-state index in [2.05, 4.69) is 10.1 Å². The van der Waals surface area contributed by atoms with Gasteiger partial charge in [-0.05, 0) is 49.1 Å². The van der Waals surface area contributed by atoms with Crippen LogP contribution in [0.5, 0.6) is 0 Å². The molecule has 3 aromatic rings. The molecular formula is C24H25FN4O2. The number of hydrogen-bond acceptors (Lipinski definition) is 4.